The first-order chi connectivity index (χ1) is 12.2. The number of aromatic nitrogens is 2. The fourth-order valence-electron chi connectivity index (χ4n) is 3.75. The van der Waals surface area contributed by atoms with E-state index in [1.165, 1.54) is 10.4 Å². The number of rotatable bonds is 5. The molecule has 0 saturated carbocycles. The summed E-state index contributed by atoms with van der Waals surface area (Å²) in [5.41, 5.74) is 1.36. The Morgan fingerprint density at radius 2 is 2.36 bits per heavy atom. The van der Waals surface area contributed by atoms with E-state index in [1.54, 1.807) is 33.7 Å². The molecule has 0 radical (unpaired) electrons. The maximum atomic E-state index is 13.2. The average molecular weight is 377 g/mol. The summed E-state index contributed by atoms with van der Waals surface area (Å²) in [5.74, 6) is 1.56. The molecule has 2 atom stereocenters. The molecule has 2 aromatic rings. The molecule has 1 fully saturated rings. The maximum absolute atomic E-state index is 13.2. The van der Waals surface area contributed by atoms with Crippen LogP contribution >= 0.6 is 23.1 Å². The molecule has 2 aliphatic rings. The predicted octanol–water partition coefficient (Wildman–Crippen LogP) is 4.04. The Bertz CT molecular complexity index is 849. The molecule has 6 heteroatoms. The molecule has 134 valence electrons. The Hall–Kier alpha value is -1.11. The first-order valence-corrected chi connectivity index (χ1v) is 10.9. The fraction of sp³-hybridized carbons (Fsp3) is 0.579. The second kappa shape index (κ2) is 7.25. The Balaban J connectivity index is 1.75. The van der Waals surface area contributed by atoms with Crippen LogP contribution in [0.3, 0.4) is 0 Å². The highest BCUT2D eigenvalue weighted by Crippen LogP contribution is 2.36. The van der Waals surface area contributed by atoms with Crippen molar-refractivity contribution in [2.24, 2.45) is 5.92 Å². The summed E-state index contributed by atoms with van der Waals surface area (Å²) >= 11 is 3.37. The van der Waals surface area contributed by atoms with Gasteiger partial charge in [0.2, 0.25) is 0 Å². The van der Waals surface area contributed by atoms with Crippen LogP contribution in [0.5, 0.6) is 0 Å². The molecular formula is C19H24N2O2S2. The van der Waals surface area contributed by atoms with Gasteiger partial charge in [0.1, 0.15) is 4.83 Å². The SMILES string of the molecule is C=CCn1c(SC[C@H]2CCCO2)nc2sc3c(c2c1=O)CC[C@@H](C)C3. The number of allylic oxidation sites excluding steroid dienone is 1. The van der Waals surface area contributed by atoms with Crippen molar-refractivity contribution >= 4 is 33.3 Å². The van der Waals surface area contributed by atoms with Gasteiger partial charge in [-0.2, -0.15) is 0 Å². The topological polar surface area (TPSA) is 44.1 Å². The van der Waals surface area contributed by atoms with Crippen molar-refractivity contribution in [2.75, 3.05) is 12.4 Å². The van der Waals surface area contributed by atoms with Gasteiger partial charge in [-0.25, -0.2) is 4.98 Å². The summed E-state index contributed by atoms with van der Waals surface area (Å²) in [6.07, 6.45) is 7.55. The summed E-state index contributed by atoms with van der Waals surface area (Å²) in [4.78, 5) is 20.4. The number of ether oxygens (including phenoxy) is 1. The number of thioether (sulfide) groups is 1. The number of aryl methyl sites for hydroxylation is 1. The van der Waals surface area contributed by atoms with E-state index in [1.807, 2.05) is 0 Å². The summed E-state index contributed by atoms with van der Waals surface area (Å²) in [7, 11) is 0. The highest BCUT2D eigenvalue weighted by molar-refractivity contribution is 7.99. The molecule has 0 N–H and O–H groups in total. The highest BCUT2D eigenvalue weighted by atomic mass is 32.2. The third-order valence-electron chi connectivity index (χ3n) is 5.11. The van der Waals surface area contributed by atoms with E-state index in [-0.39, 0.29) is 11.7 Å². The van der Waals surface area contributed by atoms with E-state index >= 15 is 0 Å². The van der Waals surface area contributed by atoms with E-state index in [2.05, 4.69) is 13.5 Å². The molecule has 2 aromatic heterocycles. The van der Waals surface area contributed by atoms with Crippen molar-refractivity contribution in [3.8, 4) is 0 Å². The molecule has 4 rings (SSSR count). The molecule has 1 saturated heterocycles. The van der Waals surface area contributed by atoms with Crippen molar-refractivity contribution in [3.63, 3.8) is 0 Å². The van der Waals surface area contributed by atoms with E-state index in [4.69, 9.17) is 9.72 Å². The smallest absolute Gasteiger partial charge is 0.263 e. The van der Waals surface area contributed by atoms with Gasteiger partial charge in [-0.1, -0.05) is 24.8 Å². The summed E-state index contributed by atoms with van der Waals surface area (Å²) in [6.45, 7) is 7.48. The van der Waals surface area contributed by atoms with Gasteiger partial charge in [-0.3, -0.25) is 9.36 Å². The zero-order valence-corrected chi connectivity index (χ0v) is 16.3. The zero-order valence-electron chi connectivity index (χ0n) is 14.6. The first kappa shape index (κ1) is 17.3. The van der Waals surface area contributed by atoms with Gasteiger partial charge >= 0.3 is 0 Å². The highest BCUT2D eigenvalue weighted by Gasteiger charge is 2.25. The van der Waals surface area contributed by atoms with Crippen LogP contribution in [0, 0.1) is 5.92 Å². The van der Waals surface area contributed by atoms with Gasteiger partial charge in [-0.05, 0) is 43.6 Å². The molecule has 0 bridgehead atoms. The van der Waals surface area contributed by atoms with Crippen molar-refractivity contribution in [2.45, 2.75) is 56.8 Å². The van der Waals surface area contributed by atoms with Crippen LogP contribution in [0.15, 0.2) is 22.6 Å². The van der Waals surface area contributed by atoms with Crippen LogP contribution in [0.1, 0.15) is 36.6 Å². The minimum atomic E-state index is 0.104. The Kier molecular flexibility index (Phi) is 5.02. The van der Waals surface area contributed by atoms with Crippen molar-refractivity contribution in [1.82, 2.24) is 9.55 Å². The number of thiophene rings is 1. The normalized spacial score (nSPS) is 23.1. The van der Waals surface area contributed by atoms with Crippen LogP contribution in [-0.2, 0) is 24.1 Å². The lowest BCUT2D eigenvalue weighted by Crippen LogP contribution is -2.24. The van der Waals surface area contributed by atoms with Crippen LogP contribution < -0.4 is 5.56 Å². The lowest BCUT2D eigenvalue weighted by molar-refractivity contribution is 0.129. The van der Waals surface area contributed by atoms with Gasteiger partial charge < -0.3 is 4.74 Å². The fourth-order valence-corrected chi connectivity index (χ4v) is 6.25. The van der Waals surface area contributed by atoms with Gasteiger partial charge in [0.05, 0.1) is 11.5 Å². The van der Waals surface area contributed by atoms with Crippen molar-refractivity contribution in [1.29, 1.82) is 0 Å². The minimum Gasteiger partial charge on any atom is -0.377 e. The van der Waals surface area contributed by atoms with Gasteiger partial charge in [0.25, 0.3) is 5.56 Å². The average Bonchev–Trinajstić information content (AvgIpc) is 3.22. The second-order valence-electron chi connectivity index (χ2n) is 7.08. The van der Waals surface area contributed by atoms with Crippen molar-refractivity contribution in [3.05, 3.63) is 33.4 Å². The lowest BCUT2D eigenvalue weighted by atomic mass is 9.89. The van der Waals surface area contributed by atoms with Gasteiger partial charge in [0, 0.05) is 23.8 Å². The third kappa shape index (κ3) is 3.32. The molecule has 0 spiro atoms. The van der Waals surface area contributed by atoms with Gasteiger partial charge in [-0.15, -0.1) is 17.9 Å². The van der Waals surface area contributed by atoms with E-state index in [0.717, 1.165) is 59.8 Å². The predicted molar refractivity (Wildman–Crippen MR) is 105 cm³/mol. The number of hydrogen-bond donors (Lipinski definition) is 0. The lowest BCUT2D eigenvalue weighted by Gasteiger charge is -2.17. The largest absolute Gasteiger partial charge is 0.377 e. The first-order valence-electron chi connectivity index (χ1n) is 9.07. The summed E-state index contributed by atoms with van der Waals surface area (Å²) < 4.78 is 7.51. The summed E-state index contributed by atoms with van der Waals surface area (Å²) in [6, 6.07) is 0. The maximum Gasteiger partial charge on any atom is 0.263 e. The zero-order chi connectivity index (χ0) is 17.4. The molecule has 0 unspecified atom stereocenters. The molecule has 4 nitrogen and oxygen atoms in total. The van der Waals surface area contributed by atoms with Crippen LogP contribution in [0.2, 0.25) is 0 Å². The number of fused-ring (bicyclic) bond motifs is 3. The molecule has 1 aliphatic heterocycles. The van der Waals surface area contributed by atoms with Crippen LogP contribution in [-0.4, -0.2) is 28.0 Å². The molecule has 1 aliphatic carbocycles. The molecule has 3 heterocycles. The van der Waals surface area contributed by atoms with Gasteiger partial charge in [0.15, 0.2) is 5.16 Å². The van der Waals surface area contributed by atoms with Crippen LogP contribution in [0.4, 0.5) is 0 Å². The summed E-state index contributed by atoms with van der Waals surface area (Å²) in [5, 5.41) is 1.66. The third-order valence-corrected chi connectivity index (χ3v) is 7.37. The molecular weight excluding hydrogens is 352 g/mol. The van der Waals surface area contributed by atoms with Crippen molar-refractivity contribution < 1.29 is 4.74 Å². The monoisotopic (exact) mass is 376 g/mol. The molecule has 25 heavy (non-hydrogen) atoms. The second-order valence-corrected chi connectivity index (χ2v) is 9.15. The quantitative estimate of drug-likeness (QED) is 0.449. The van der Waals surface area contributed by atoms with E-state index < -0.39 is 0 Å². The van der Waals surface area contributed by atoms with Crippen LogP contribution in [0.25, 0.3) is 10.2 Å². The Morgan fingerprint density at radius 3 is 3.12 bits per heavy atom. The molecule has 0 amide bonds. The minimum absolute atomic E-state index is 0.104. The van der Waals surface area contributed by atoms with E-state index in [0.29, 0.717) is 12.5 Å². The Labute approximate surface area is 156 Å². The number of hydrogen-bond acceptors (Lipinski definition) is 5. The van der Waals surface area contributed by atoms with E-state index in [9.17, 15) is 4.79 Å². The number of nitrogens with zero attached hydrogens (tertiary/aromatic N) is 2. The standard InChI is InChI=1S/C19H24N2O2S2/c1-3-8-21-18(22)16-14-7-6-12(2)10-15(14)25-17(16)20-19(21)24-11-13-5-4-9-23-13/h3,12-13H,1,4-11H2,2H3/t12-,13-/m1/s1. The molecule has 0 aromatic carbocycles. The Morgan fingerprint density at radius 1 is 1.48 bits per heavy atom.